The summed E-state index contributed by atoms with van der Waals surface area (Å²) in [5, 5.41) is 5.54. The molecule has 0 aromatic carbocycles. The lowest BCUT2D eigenvalue weighted by atomic mass is 9.96. The number of piperidine rings is 1. The van der Waals surface area contributed by atoms with Crippen LogP contribution in [0.4, 0.5) is 0 Å². The maximum Gasteiger partial charge on any atom is 0.226 e. The molecule has 0 N–H and O–H groups in total. The first kappa shape index (κ1) is 18.8. The molecule has 0 spiro atoms. The van der Waals surface area contributed by atoms with Gasteiger partial charge in [-0.2, -0.15) is 5.10 Å². The van der Waals surface area contributed by atoms with Crippen LogP contribution in [0.2, 0.25) is 0 Å². The molecular formula is C19H29N5O2. The van der Waals surface area contributed by atoms with Gasteiger partial charge in [0.2, 0.25) is 5.91 Å². The molecule has 1 fully saturated rings. The van der Waals surface area contributed by atoms with E-state index in [-0.39, 0.29) is 11.8 Å². The minimum atomic E-state index is 0.0717. The van der Waals surface area contributed by atoms with Crippen LogP contribution in [0.25, 0.3) is 11.0 Å². The van der Waals surface area contributed by atoms with Gasteiger partial charge in [0.05, 0.1) is 18.2 Å². The molecule has 1 amide bonds. The van der Waals surface area contributed by atoms with E-state index in [1.54, 1.807) is 12.0 Å². The first-order valence-electron chi connectivity index (χ1n) is 9.24. The number of ether oxygens (including phenoxy) is 1. The molecule has 0 aliphatic carbocycles. The van der Waals surface area contributed by atoms with Gasteiger partial charge in [0.25, 0.3) is 0 Å². The first-order valence-corrected chi connectivity index (χ1v) is 9.24. The number of aryl methyl sites for hydroxylation is 2. The molecule has 1 unspecified atom stereocenters. The molecule has 7 nitrogen and oxygen atoms in total. The minimum absolute atomic E-state index is 0.0717. The number of carbonyl (C=O) groups is 1. The van der Waals surface area contributed by atoms with Crippen LogP contribution in [0.3, 0.4) is 0 Å². The van der Waals surface area contributed by atoms with Crippen LogP contribution in [0, 0.1) is 12.8 Å². The highest BCUT2D eigenvalue weighted by Crippen LogP contribution is 2.22. The summed E-state index contributed by atoms with van der Waals surface area (Å²) in [6.07, 6.45) is 3.95. The Labute approximate surface area is 154 Å². The number of nitrogens with zero attached hydrogens (tertiary/aromatic N) is 5. The highest BCUT2D eigenvalue weighted by atomic mass is 16.5. The number of likely N-dealkylation sites (tertiary alicyclic amines) is 1. The van der Waals surface area contributed by atoms with Gasteiger partial charge in [-0.1, -0.05) is 0 Å². The van der Waals surface area contributed by atoms with E-state index in [0.29, 0.717) is 13.2 Å². The lowest BCUT2D eigenvalue weighted by Gasteiger charge is -2.34. The van der Waals surface area contributed by atoms with Crippen molar-refractivity contribution in [1.82, 2.24) is 24.6 Å². The molecule has 3 heterocycles. The van der Waals surface area contributed by atoms with Crippen LogP contribution in [-0.4, -0.2) is 70.9 Å². The van der Waals surface area contributed by atoms with Gasteiger partial charge in [0, 0.05) is 52.4 Å². The Kier molecular flexibility index (Phi) is 5.88. The molecule has 26 heavy (non-hydrogen) atoms. The number of amides is 1. The minimum Gasteiger partial charge on any atom is -0.383 e. The zero-order valence-electron chi connectivity index (χ0n) is 16.2. The predicted molar refractivity (Wildman–Crippen MR) is 101 cm³/mol. The summed E-state index contributed by atoms with van der Waals surface area (Å²) in [6.45, 7) is 5.89. The van der Waals surface area contributed by atoms with E-state index in [9.17, 15) is 4.79 Å². The van der Waals surface area contributed by atoms with Crippen LogP contribution in [-0.2, 0) is 23.1 Å². The number of rotatable bonds is 6. The van der Waals surface area contributed by atoms with Crippen molar-refractivity contribution in [3.05, 3.63) is 23.5 Å². The van der Waals surface area contributed by atoms with Gasteiger partial charge >= 0.3 is 0 Å². The number of fused-ring (bicyclic) bond motifs is 1. The molecule has 1 aliphatic heterocycles. The second kappa shape index (κ2) is 8.14. The molecular weight excluding hydrogens is 330 g/mol. The molecule has 0 bridgehead atoms. The van der Waals surface area contributed by atoms with E-state index < -0.39 is 0 Å². The molecule has 2 aromatic heterocycles. The largest absolute Gasteiger partial charge is 0.383 e. The molecule has 1 aliphatic rings. The van der Waals surface area contributed by atoms with E-state index in [4.69, 9.17) is 4.74 Å². The van der Waals surface area contributed by atoms with Crippen molar-refractivity contribution in [2.45, 2.75) is 26.3 Å². The maximum atomic E-state index is 12.6. The summed E-state index contributed by atoms with van der Waals surface area (Å²) in [6, 6.07) is 2.18. The lowest BCUT2D eigenvalue weighted by Crippen LogP contribution is -2.44. The highest BCUT2D eigenvalue weighted by molar-refractivity contribution is 5.79. The van der Waals surface area contributed by atoms with E-state index in [1.165, 1.54) is 5.56 Å². The Morgan fingerprint density at radius 2 is 2.27 bits per heavy atom. The zero-order chi connectivity index (χ0) is 18.7. The summed E-state index contributed by atoms with van der Waals surface area (Å²) < 4.78 is 6.90. The number of aromatic nitrogens is 3. The van der Waals surface area contributed by atoms with Gasteiger partial charge in [-0.3, -0.25) is 14.4 Å². The summed E-state index contributed by atoms with van der Waals surface area (Å²) in [5.41, 5.74) is 3.09. The quantitative estimate of drug-likeness (QED) is 0.784. The van der Waals surface area contributed by atoms with Crippen molar-refractivity contribution < 1.29 is 9.53 Å². The number of hydrogen-bond donors (Lipinski definition) is 0. The second-order valence-corrected chi connectivity index (χ2v) is 7.25. The summed E-state index contributed by atoms with van der Waals surface area (Å²) in [4.78, 5) is 21.4. The van der Waals surface area contributed by atoms with E-state index >= 15 is 0 Å². The number of pyridine rings is 1. The van der Waals surface area contributed by atoms with E-state index in [2.05, 4.69) is 21.0 Å². The molecule has 2 aromatic rings. The third-order valence-electron chi connectivity index (χ3n) is 5.19. The van der Waals surface area contributed by atoms with E-state index in [1.807, 2.05) is 31.9 Å². The van der Waals surface area contributed by atoms with Gasteiger partial charge in [-0.05, 0) is 37.9 Å². The SMILES string of the molecule is COCCN(C)C(=O)C1CCCN(Cc2cnc3c(c2)c(C)nn3C)C1. The Morgan fingerprint density at radius 3 is 3.04 bits per heavy atom. The van der Waals surface area contributed by atoms with Crippen molar-refractivity contribution >= 4 is 16.9 Å². The van der Waals surface area contributed by atoms with Crippen molar-refractivity contribution in [2.24, 2.45) is 13.0 Å². The summed E-state index contributed by atoms with van der Waals surface area (Å²) >= 11 is 0. The van der Waals surface area contributed by atoms with Crippen molar-refractivity contribution in [1.29, 1.82) is 0 Å². The van der Waals surface area contributed by atoms with Crippen LogP contribution < -0.4 is 0 Å². The number of likely N-dealkylation sites (N-methyl/N-ethyl adjacent to an activating group) is 1. The Balaban J connectivity index is 1.65. The summed E-state index contributed by atoms with van der Waals surface area (Å²) in [5.74, 6) is 0.297. The molecule has 0 radical (unpaired) electrons. The van der Waals surface area contributed by atoms with Crippen LogP contribution in [0.1, 0.15) is 24.1 Å². The monoisotopic (exact) mass is 359 g/mol. The number of hydrogen-bond acceptors (Lipinski definition) is 5. The average molecular weight is 359 g/mol. The van der Waals surface area contributed by atoms with Crippen LogP contribution in [0.15, 0.2) is 12.3 Å². The van der Waals surface area contributed by atoms with Crippen LogP contribution in [0.5, 0.6) is 0 Å². The highest BCUT2D eigenvalue weighted by Gasteiger charge is 2.28. The molecule has 7 heteroatoms. The van der Waals surface area contributed by atoms with Crippen LogP contribution >= 0.6 is 0 Å². The fourth-order valence-electron chi connectivity index (χ4n) is 3.75. The third kappa shape index (κ3) is 4.04. The van der Waals surface area contributed by atoms with Gasteiger partial charge in [-0.15, -0.1) is 0 Å². The van der Waals surface area contributed by atoms with Gasteiger partial charge in [-0.25, -0.2) is 4.98 Å². The fourth-order valence-corrected chi connectivity index (χ4v) is 3.75. The lowest BCUT2D eigenvalue weighted by molar-refractivity contribution is -0.136. The molecule has 3 rings (SSSR count). The van der Waals surface area contributed by atoms with Crippen molar-refractivity contribution in [2.75, 3.05) is 40.4 Å². The first-order chi connectivity index (χ1) is 12.5. The molecule has 1 saturated heterocycles. The summed E-state index contributed by atoms with van der Waals surface area (Å²) in [7, 11) is 5.45. The average Bonchev–Trinajstić information content (AvgIpc) is 2.93. The molecule has 0 saturated carbocycles. The zero-order valence-corrected chi connectivity index (χ0v) is 16.2. The fraction of sp³-hybridized carbons (Fsp3) is 0.632. The number of methoxy groups -OCH3 is 1. The van der Waals surface area contributed by atoms with Gasteiger partial charge in [0.15, 0.2) is 5.65 Å². The maximum absolute atomic E-state index is 12.6. The van der Waals surface area contributed by atoms with Crippen molar-refractivity contribution in [3.63, 3.8) is 0 Å². The molecule has 142 valence electrons. The van der Waals surface area contributed by atoms with Gasteiger partial charge in [0.1, 0.15) is 0 Å². The Hall–Kier alpha value is -1.99. The second-order valence-electron chi connectivity index (χ2n) is 7.25. The van der Waals surface area contributed by atoms with E-state index in [0.717, 1.165) is 49.2 Å². The molecule has 1 atom stereocenters. The number of carbonyl (C=O) groups excluding carboxylic acids is 1. The Morgan fingerprint density at radius 1 is 1.46 bits per heavy atom. The van der Waals surface area contributed by atoms with Gasteiger partial charge < -0.3 is 9.64 Å². The topological polar surface area (TPSA) is 63.5 Å². The smallest absolute Gasteiger partial charge is 0.226 e. The van der Waals surface area contributed by atoms with Crippen molar-refractivity contribution in [3.8, 4) is 0 Å². The normalized spacial score (nSPS) is 18.4. The third-order valence-corrected chi connectivity index (χ3v) is 5.19. The Bertz CT molecular complexity index is 773. The predicted octanol–water partition coefficient (Wildman–Crippen LogP) is 1.59. The standard InChI is InChI=1S/C19H29N5O2/c1-14-17-10-15(11-20-18(17)23(3)21-14)12-24-7-5-6-16(13-24)19(25)22(2)8-9-26-4/h10-11,16H,5-9,12-13H2,1-4H3.